The minimum atomic E-state index is 0.0896. The van der Waals surface area contributed by atoms with Crippen molar-refractivity contribution in [2.75, 3.05) is 17.2 Å². The second-order valence-corrected chi connectivity index (χ2v) is 7.21. The first-order chi connectivity index (χ1) is 11.5. The van der Waals surface area contributed by atoms with Crippen LogP contribution in [0.15, 0.2) is 47.4 Å². The molecule has 1 aliphatic heterocycles. The number of benzene rings is 2. The minimum absolute atomic E-state index is 0.0896. The molecule has 0 N–H and O–H groups in total. The summed E-state index contributed by atoms with van der Waals surface area (Å²) in [6.45, 7) is 4.91. The highest BCUT2D eigenvalue weighted by atomic mass is 32.2. The van der Waals surface area contributed by atoms with Crippen LogP contribution in [-0.2, 0) is 4.79 Å². The molecule has 2 aromatic rings. The Bertz CT molecular complexity index is 785. The van der Waals surface area contributed by atoms with Gasteiger partial charge in [-0.2, -0.15) is 0 Å². The molecule has 0 unspecified atom stereocenters. The average Bonchev–Trinajstić information content (AvgIpc) is 3.02. The Morgan fingerprint density at radius 2 is 1.96 bits per heavy atom. The molecule has 1 aliphatic rings. The molecule has 0 atom stereocenters. The molecule has 4 heteroatoms. The van der Waals surface area contributed by atoms with Gasteiger partial charge in [-0.05, 0) is 55.7 Å². The summed E-state index contributed by atoms with van der Waals surface area (Å²) < 4.78 is 0. The molecule has 24 heavy (non-hydrogen) atoms. The number of carbonyl (C=O) groups is 2. The summed E-state index contributed by atoms with van der Waals surface area (Å²) in [4.78, 5) is 27.2. The monoisotopic (exact) mass is 339 g/mol. The molecule has 3 rings (SSSR count). The summed E-state index contributed by atoms with van der Waals surface area (Å²) in [5.41, 5.74) is 4.00. The Hall–Kier alpha value is -2.07. The number of carbonyl (C=O) groups excluding carboxylic acids is 2. The van der Waals surface area contributed by atoms with Crippen LogP contribution in [0.4, 0.5) is 5.69 Å². The highest BCUT2D eigenvalue weighted by Crippen LogP contribution is 2.25. The van der Waals surface area contributed by atoms with Gasteiger partial charge in [-0.15, -0.1) is 11.8 Å². The van der Waals surface area contributed by atoms with Crippen molar-refractivity contribution in [2.24, 2.45) is 0 Å². The largest absolute Gasteiger partial charge is 0.312 e. The lowest BCUT2D eigenvalue weighted by Gasteiger charge is -2.16. The summed E-state index contributed by atoms with van der Waals surface area (Å²) >= 11 is 1.55. The minimum Gasteiger partial charge on any atom is -0.312 e. The van der Waals surface area contributed by atoms with Crippen LogP contribution in [0.2, 0.25) is 0 Å². The molecule has 0 aliphatic carbocycles. The van der Waals surface area contributed by atoms with Crippen LogP contribution < -0.4 is 4.90 Å². The van der Waals surface area contributed by atoms with Gasteiger partial charge in [0.2, 0.25) is 5.91 Å². The van der Waals surface area contributed by atoms with E-state index in [-0.39, 0.29) is 11.7 Å². The highest BCUT2D eigenvalue weighted by Gasteiger charge is 2.22. The molecule has 1 amide bonds. The number of rotatable bonds is 5. The van der Waals surface area contributed by atoms with Crippen molar-refractivity contribution >= 4 is 29.1 Å². The van der Waals surface area contributed by atoms with Gasteiger partial charge in [0.15, 0.2) is 5.78 Å². The topological polar surface area (TPSA) is 37.4 Å². The molecule has 3 nitrogen and oxygen atoms in total. The van der Waals surface area contributed by atoms with Crippen molar-refractivity contribution in [2.45, 2.75) is 31.6 Å². The maximum absolute atomic E-state index is 12.5. The lowest BCUT2D eigenvalue weighted by atomic mass is 10.1. The van der Waals surface area contributed by atoms with Gasteiger partial charge in [0.05, 0.1) is 5.75 Å². The first-order valence-electron chi connectivity index (χ1n) is 8.18. The Morgan fingerprint density at radius 1 is 1.12 bits per heavy atom. The zero-order valence-corrected chi connectivity index (χ0v) is 14.9. The van der Waals surface area contributed by atoms with Crippen LogP contribution in [0.5, 0.6) is 0 Å². The van der Waals surface area contributed by atoms with Crippen molar-refractivity contribution in [1.82, 2.24) is 0 Å². The van der Waals surface area contributed by atoms with Crippen LogP contribution >= 0.6 is 11.8 Å². The number of nitrogens with zero attached hydrogens (tertiary/aromatic N) is 1. The first-order valence-corrected chi connectivity index (χ1v) is 9.17. The van der Waals surface area contributed by atoms with E-state index in [2.05, 4.69) is 32.0 Å². The average molecular weight is 339 g/mol. The zero-order chi connectivity index (χ0) is 17.1. The molecule has 0 aromatic heterocycles. The number of thioether (sulfide) groups is 1. The van der Waals surface area contributed by atoms with E-state index in [4.69, 9.17) is 0 Å². The SMILES string of the molecule is Cc1ccc(SCC(=O)c2cccc(N3CCCC3=O)c2)cc1C. The molecular formula is C20H21NO2S. The molecule has 1 heterocycles. The second kappa shape index (κ2) is 7.22. The maximum Gasteiger partial charge on any atom is 0.227 e. The van der Waals surface area contributed by atoms with Crippen LogP contribution in [0, 0.1) is 13.8 Å². The third kappa shape index (κ3) is 3.70. The zero-order valence-electron chi connectivity index (χ0n) is 14.0. The normalized spacial score (nSPS) is 14.2. The van der Waals surface area contributed by atoms with E-state index >= 15 is 0 Å². The van der Waals surface area contributed by atoms with E-state index in [0.29, 0.717) is 17.7 Å². The fourth-order valence-electron chi connectivity index (χ4n) is 2.80. The van der Waals surface area contributed by atoms with Gasteiger partial charge in [-0.3, -0.25) is 9.59 Å². The van der Waals surface area contributed by atoms with E-state index in [1.165, 1.54) is 11.1 Å². The summed E-state index contributed by atoms with van der Waals surface area (Å²) in [6.07, 6.45) is 1.49. The van der Waals surface area contributed by atoms with Crippen LogP contribution in [0.1, 0.15) is 34.3 Å². The molecular weight excluding hydrogens is 318 g/mol. The van der Waals surface area contributed by atoms with Crippen LogP contribution in [0.25, 0.3) is 0 Å². The standard InChI is InChI=1S/C20H21NO2S/c1-14-8-9-18(11-15(14)2)24-13-19(22)16-5-3-6-17(12-16)21-10-4-7-20(21)23/h3,5-6,8-9,11-12H,4,7,10,13H2,1-2H3. The van der Waals surface area contributed by atoms with E-state index in [1.807, 2.05) is 24.3 Å². The highest BCUT2D eigenvalue weighted by molar-refractivity contribution is 8.00. The Labute approximate surface area is 147 Å². The van der Waals surface area contributed by atoms with Crippen LogP contribution in [0.3, 0.4) is 0 Å². The number of anilines is 1. The molecule has 1 fully saturated rings. The van der Waals surface area contributed by atoms with Gasteiger partial charge < -0.3 is 4.90 Å². The second-order valence-electron chi connectivity index (χ2n) is 6.16. The number of aryl methyl sites for hydroxylation is 2. The molecule has 0 spiro atoms. The van der Waals surface area contributed by atoms with Crippen molar-refractivity contribution in [3.8, 4) is 0 Å². The quantitative estimate of drug-likeness (QED) is 0.598. The fraction of sp³-hybridized carbons (Fsp3) is 0.300. The van der Waals surface area contributed by atoms with Crippen LogP contribution in [-0.4, -0.2) is 24.0 Å². The van der Waals surface area contributed by atoms with Crippen molar-refractivity contribution < 1.29 is 9.59 Å². The summed E-state index contributed by atoms with van der Waals surface area (Å²) in [5, 5.41) is 0. The molecule has 124 valence electrons. The van der Waals surface area contributed by atoms with Gasteiger partial charge in [-0.25, -0.2) is 0 Å². The number of amides is 1. The smallest absolute Gasteiger partial charge is 0.227 e. The Morgan fingerprint density at radius 3 is 2.67 bits per heavy atom. The number of hydrogen-bond acceptors (Lipinski definition) is 3. The van der Waals surface area contributed by atoms with Gasteiger partial charge in [-0.1, -0.05) is 18.2 Å². The van der Waals surface area contributed by atoms with Gasteiger partial charge in [0, 0.05) is 29.1 Å². The summed E-state index contributed by atoms with van der Waals surface area (Å²) in [7, 11) is 0. The number of ketones is 1. The van der Waals surface area contributed by atoms with E-state index in [9.17, 15) is 9.59 Å². The number of Topliss-reactive ketones (excluding diaryl/α,β-unsaturated/α-hetero) is 1. The van der Waals surface area contributed by atoms with E-state index in [1.54, 1.807) is 16.7 Å². The first kappa shape index (κ1) is 16.8. The third-order valence-corrected chi connectivity index (χ3v) is 5.40. The lowest BCUT2D eigenvalue weighted by Crippen LogP contribution is -2.23. The van der Waals surface area contributed by atoms with Gasteiger partial charge >= 0.3 is 0 Å². The fourth-order valence-corrected chi connectivity index (χ4v) is 3.69. The molecule has 0 saturated carbocycles. The molecule has 2 aromatic carbocycles. The lowest BCUT2D eigenvalue weighted by molar-refractivity contribution is -0.117. The predicted octanol–water partition coefficient (Wildman–Crippen LogP) is 4.41. The maximum atomic E-state index is 12.5. The molecule has 1 saturated heterocycles. The van der Waals surface area contributed by atoms with Crippen molar-refractivity contribution in [3.05, 3.63) is 59.2 Å². The third-order valence-electron chi connectivity index (χ3n) is 4.40. The van der Waals surface area contributed by atoms with Gasteiger partial charge in [0.1, 0.15) is 0 Å². The summed E-state index contributed by atoms with van der Waals surface area (Å²) in [5.74, 6) is 0.635. The van der Waals surface area contributed by atoms with Crippen molar-refractivity contribution in [1.29, 1.82) is 0 Å². The Balaban J connectivity index is 1.68. The van der Waals surface area contributed by atoms with Crippen molar-refractivity contribution in [3.63, 3.8) is 0 Å². The Kier molecular flexibility index (Phi) is 5.05. The molecule has 0 radical (unpaired) electrons. The summed E-state index contributed by atoms with van der Waals surface area (Å²) in [6, 6.07) is 13.7. The van der Waals surface area contributed by atoms with E-state index < -0.39 is 0 Å². The predicted molar refractivity (Wildman–Crippen MR) is 99.0 cm³/mol. The molecule has 0 bridgehead atoms. The van der Waals surface area contributed by atoms with Gasteiger partial charge in [0.25, 0.3) is 0 Å². The number of hydrogen-bond donors (Lipinski definition) is 0. The van der Waals surface area contributed by atoms with E-state index in [0.717, 1.165) is 23.5 Å².